The van der Waals surface area contributed by atoms with Crippen molar-refractivity contribution in [2.24, 2.45) is 5.92 Å². The second kappa shape index (κ2) is 11.3. The van der Waals surface area contributed by atoms with E-state index in [1.165, 1.54) is 16.7 Å². The van der Waals surface area contributed by atoms with Crippen molar-refractivity contribution in [1.29, 1.82) is 0 Å². The van der Waals surface area contributed by atoms with Gasteiger partial charge in [0.2, 0.25) is 0 Å². The van der Waals surface area contributed by atoms with E-state index in [0.717, 1.165) is 41.4 Å². The fourth-order valence-corrected chi connectivity index (χ4v) is 5.78. The van der Waals surface area contributed by atoms with Gasteiger partial charge in [0.25, 0.3) is 5.91 Å². The molecular formula is C26H30N2O4S2. The highest BCUT2D eigenvalue weighted by atomic mass is 32.2. The molecule has 0 bridgehead atoms. The van der Waals surface area contributed by atoms with Gasteiger partial charge in [-0.2, -0.15) is 0 Å². The van der Waals surface area contributed by atoms with Gasteiger partial charge in [0.05, 0.1) is 24.8 Å². The lowest BCUT2D eigenvalue weighted by molar-refractivity contribution is -0.149. The van der Waals surface area contributed by atoms with E-state index in [4.69, 9.17) is 9.15 Å². The van der Waals surface area contributed by atoms with Crippen LogP contribution in [-0.2, 0) is 9.53 Å². The number of amides is 1. The third kappa shape index (κ3) is 5.56. The van der Waals surface area contributed by atoms with Crippen LogP contribution in [0.15, 0.2) is 58.0 Å². The Hall–Kier alpha value is -2.55. The number of carbonyl (C=O) groups excluding carboxylic acids is 2. The van der Waals surface area contributed by atoms with Gasteiger partial charge >= 0.3 is 5.97 Å². The summed E-state index contributed by atoms with van der Waals surface area (Å²) in [5.74, 6) is -0.127. The first kappa shape index (κ1) is 24.6. The third-order valence-corrected chi connectivity index (χ3v) is 7.82. The number of furan rings is 1. The molecule has 1 atom stereocenters. The minimum atomic E-state index is -0.259. The molecule has 2 aromatic heterocycles. The Labute approximate surface area is 208 Å². The highest BCUT2D eigenvalue weighted by molar-refractivity contribution is 7.98. The Morgan fingerprint density at radius 2 is 1.97 bits per heavy atom. The van der Waals surface area contributed by atoms with E-state index in [1.807, 2.05) is 6.92 Å². The van der Waals surface area contributed by atoms with Gasteiger partial charge in [-0.1, -0.05) is 12.1 Å². The molecular weight excluding hydrogens is 468 g/mol. The number of hydrogen-bond acceptors (Lipinski definition) is 7. The van der Waals surface area contributed by atoms with Crippen molar-refractivity contribution in [2.75, 3.05) is 31.3 Å². The Morgan fingerprint density at radius 3 is 2.59 bits per heavy atom. The van der Waals surface area contributed by atoms with E-state index in [2.05, 4.69) is 53.7 Å². The lowest BCUT2D eigenvalue weighted by atomic mass is 9.92. The monoisotopic (exact) mass is 498 g/mol. The van der Waals surface area contributed by atoms with Crippen molar-refractivity contribution in [3.8, 4) is 0 Å². The van der Waals surface area contributed by atoms with Gasteiger partial charge in [-0.3, -0.25) is 14.5 Å². The molecule has 0 aliphatic carbocycles. The van der Waals surface area contributed by atoms with Crippen molar-refractivity contribution in [1.82, 2.24) is 4.90 Å². The predicted molar refractivity (Wildman–Crippen MR) is 137 cm³/mol. The summed E-state index contributed by atoms with van der Waals surface area (Å²) in [7, 11) is 0. The van der Waals surface area contributed by atoms with E-state index in [0.29, 0.717) is 6.61 Å². The number of esters is 1. The average molecular weight is 499 g/mol. The number of ether oxygens (including phenoxy) is 1. The van der Waals surface area contributed by atoms with Crippen molar-refractivity contribution in [2.45, 2.75) is 37.6 Å². The lowest BCUT2D eigenvalue weighted by Crippen LogP contribution is -2.39. The molecule has 0 spiro atoms. The number of piperidine rings is 1. The molecule has 3 aromatic rings. The summed E-state index contributed by atoms with van der Waals surface area (Å²) in [6, 6.07) is 14.1. The number of rotatable bonds is 8. The summed E-state index contributed by atoms with van der Waals surface area (Å²) >= 11 is 3.28. The second-order valence-corrected chi connectivity index (χ2v) is 10.4. The summed E-state index contributed by atoms with van der Waals surface area (Å²) in [4.78, 5) is 29.8. The molecule has 0 saturated carbocycles. The number of nitrogens with one attached hydrogen (secondary N) is 1. The maximum atomic E-state index is 12.8. The lowest BCUT2D eigenvalue weighted by Gasteiger charge is -2.37. The molecule has 1 aromatic carbocycles. The summed E-state index contributed by atoms with van der Waals surface area (Å²) < 4.78 is 10.6. The molecule has 1 saturated heterocycles. The molecule has 3 heterocycles. The van der Waals surface area contributed by atoms with Crippen LogP contribution in [0.5, 0.6) is 0 Å². The normalized spacial score (nSPS) is 15.7. The largest absolute Gasteiger partial charge is 0.466 e. The first-order chi connectivity index (χ1) is 16.5. The van der Waals surface area contributed by atoms with Crippen LogP contribution in [0.2, 0.25) is 0 Å². The second-order valence-electron chi connectivity index (χ2n) is 8.31. The highest BCUT2D eigenvalue weighted by Gasteiger charge is 2.33. The number of carbonyl (C=O) groups is 2. The molecule has 34 heavy (non-hydrogen) atoms. The Kier molecular flexibility index (Phi) is 8.13. The van der Waals surface area contributed by atoms with Gasteiger partial charge in [0.15, 0.2) is 5.76 Å². The van der Waals surface area contributed by atoms with Crippen LogP contribution in [-0.4, -0.2) is 42.7 Å². The van der Waals surface area contributed by atoms with Gasteiger partial charge in [0.1, 0.15) is 5.00 Å². The van der Waals surface area contributed by atoms with E-state index >= 15 is 0 Å². The molecule has 0 radical (unpaired) electrons. The zero-order valence-corrected chi connectivity index (χ0v) is 21.3. The summed E-state index contributed by atoms with van der Waals surface area (Å²) in [6.07, 6.45) is 5.08. The summed E-state index contributed by atoms with van der Waals surface area (Å²) in [6.45, 7) is 5.87. The van der Waals surface area contributed by atoms with Crippen molar-refractivity contribution in [3.05, 3.63) is 70.5 Å². The number of thioether (sulfide) groups is 1. The SMILES string of the molecule is CCOC(=O)C1CCN([C@@H](c2ccc(SC)cc2)c2cc(C)sc2NC(=O)c2ccco2)CC1. The molecule has 1 fully saturated rings. The van der Waals surface area contributed by atoms with Crippen molar-refractivity contribution >= 4 is 40.0 Å². The maximum absolute atomic E-state index is 12.8. The molecule has 1 N–H and O–H groups in total. The highest BCUT2D eigenvalue weighted by Crippen LogP contribution is 2.41. The molecule has 8 heteroatoms. The Balaban J connectivity index is 1.64. The number of hydrogen-bond donors (Lipinski definition) is 1. The molecule has 4 rings (SSSR count). The van der Waals surface area contributed by atoms with Crippen LogP contribution < -0.4 is 5.32 Å². The number of likely N-dealkylation sites (tertiary alicyclic amines) is 1. The molecule has 1 aliphatic rings. The molecule has 0 unspecified atom stereocenters. The minimum absolute atomic E-state index is 0.0316. The Bertz CT molecular complexity index is 1100. The first-order valence-corrected chi connectivity index (χ1v) is 13.5. The topological polar surface area (TPSA) is 71.8 Å². The first-order valence-electron chi connectivity index (χ1n) is 11.5. The summed E-state index contributed by atoms with van der Waals surface area (Å²) in [5.41, 5.74) is 2.23. The zero-order valence-electron chi connectivity index (χ0n) is 19.7. The smallest absolute Gasteiger partial charge is 0.309 e. The van der Waals surface area contributed by atoms with Crippen LogP contribution in [0, 0.1) is 12.8 Å². The van der Waals surface area contributed by atoms with Crippen molar-refractivity contribution < 1.29 is 18.7 Å². The maximum Gasteiger partial charge on any atom is 0.309 e. The average Bonchev–Trinajstić information content (AvgIpc) is 3.51. The van der Waals surface area contributed by atoms with Crippen LogP contribution >= 0.6 is 23.1 Å². The third-order valence-electron chi connectivity index (χ3n) is 6.10. The summed E-state index contributed by atoms with van der Waals surface area (Å²) in [5, 5.41) is 3.89. The standard InChI is InChI=1S/C26H30N2O4S2/c1-4-31-26(30)19-11-13-28(14-12-19)23(18-7-9-20(33-3)10-8-18)21-16-17(2)34-25(21)27-24(29)22-6-5-15-32-22/h5-10,15-16,19,23H,4,11-14H2,1-3H3,(H,27,29)/t23-/m0/s1. The molecule has 1 amide bonds. The number of nitrogens with zero attached hydrogens (tertiary/aromatic N) is 1. The van der Waals surface area contributed by atoms with Crippen LogP contribution in [0.1, 0.15) is 52.4 Å². The minimum Gasteiger partial charge on any atom is -0.466 e. The van der Waals surface area contributed by atoms with E-state index < -0.39 is 0 Å². The Morgan fingerprint density at radius 1 is 1.24 bits per heavy atom. The van der Waals surface area contributed by atoms with Crippen LogP contribution in [0.4, 0.5) is 5.00 Å². The zero-order chi connectivity index (χ0) is 24.1. The van der Waals surface area contributed by atoms with Gasteiger partial charge in [0, 0.05) is 15.3 Å². The van der Waals surface area contributed by atoms with E-state index in [9.17, 15) is 9.59 Å². The van der Waals surface area contributed by atoms with Gasteiger partial charge in [-0.25, -0.2) is 0 Å². The van der Waals surface area contributed by atoms with E-state index in [1.54, 1.807) is 35.2 Å². The fraction of sp³-hybridized carbons (Fsp3) is 0.385. The van der Waals surface area contributed by atoms with Gasteiger partial charge in [-0.15, -0.1) is 23.1 Å². The molecule has 1 aliphatic heterocycles. The number of thiophene rings is 1. The molecule has 6 nitrogen and oxygen atoms in total. The van der Waals surface area contributed by atoms with Crippen LogP contribution in [0.25, 0.3) is 0 Å². The fourth-order valence-electron chi connectivity index (χ4n) is 4.43. The van der Waals surface area contributed by atoms with E-state index in [-0.39, 0.29) is 29.6 Å². The van der Waals surface area contributed by atoms with Crippen LogP contribution in [0.3, 0.4) is 0 Å². The quantitative estimate of drug-likeness (QED) is 0.304. The van der Waals surface area contributed by atoms with Gasteiger partial charge in [-0.05, 0) is 81.9 Å². The number of anilines is 1. The van der Waals surface area contributed by atoms with Gasteiger partial charge < -0.3 is 14.5 Å². The molecule has 180 valence electrons. The number of aryl methyl sites for hydroxylation is 1. The number of benzene rings is 1. The predicted octanol–water partition coefficient (Wildman–Crippen LogP) is 5.99. The van der Waals surface area contributed by atoms with Crippen molar-refractivity contribution in [3.63, 3.8) is 0 Å².